The van der Waals surface area contributed by atoms with Gasteiger partial charge < -0.3 is 9.30 Å². The molecule has 0 amide bonds. The van der Waals surface area contributed by atoms with Crippen molar-refractivity contribution in [2.24, 2.45) is 0 Å². The molecule has 6 nitrogen and oxygen atoms in total. The van der Waals surface area contributed by atoms with Crippen molar-refractivity contribution in [2.45, 2.75) is 13.0 Å². The normalized spacial score (nSPS) is 10.9. The summed E-state index contributed by atoms with van der Waals surface area (Å²) in [6, 6.07) is 22.9. The second kappa shape index (κ2) is 7.52. The molecule has 0 N–H and O–H groups in total. The van der Waals surface area contributed by atoms with E-state index in [-0.39, 0.29) is 10.6 Å². The molecule has 1 aromatic heterocycles. The molecule has 0 aliphatic carbocycles. The van der Waals surface area contributed by atoms with Crippen LogP contribution in [0.5, 0.6) is 5.75 Å². The molecule has 0 atom stereocenters. The molecule has 0 radical (unpaired) electrons. The van der Waals surface area contributed by atoms with Gasteiger partial charge in [-0.3, -0.25) is 10.1 Å². The lowest BCUT2D eigenvalue weighted by atomic mass is 10.1. The van der Waals surface area contributed by atoms with Gasteiger partial charge in [-0.2, -0.15) is 0 Å². The number of nitro groups is 1. The van der Waals surface area contributed by atoms with E-state index in [9.17, 15) is 10.1 Å². The molecule has 6 heteroatoms. The van der Waals surface area contributed by atoms with E-state index in [4.69, 9.17) is 4.74 Å². The fraction of sp³-hybridized carbons (Fsp3) is 0.136. The Labute approximate surface area is 162 Å². The quantitative estimate of drug-likeness (QED) is 0.366. The number of fused-ring (bicyclic) bond motifs is 1. The first-order valence-electron chi connectivity index (χ1n) is 8.95. The number of aromatic nitrogens is 2. The molecule has 0 saturated carbocycles. The zero-order valence-electron chi connectivity index (χ0n) is 15.4. The van der Waals surface area contributed by atoms with E-state index in [0.717, 1.165) is 28.2 Å². The first kappa shape index (κ1) is 17.7. The van der Waals surface area contributed by atoms with Crippen molar-refractivity contribution >= 4 is 16.7 Å². The number of nitro benzene ring substituents is 1. The van der Waals surface area contributed by atoms with Crippen LogP contribution in [0, 0.1) is 10.1 Å². The highest BCUT2D eigenvalue weighted by Crippen LogP contribution is 2.28. The number of hydrogen-bond donors (Lipinski definition) is 0. The van der Waals surface area contributed by atoms with Crippen LogP contribution in [0.4, 0.5) is 5.69 Å². The third kappa shape index (κ3) is 3.44. The van der Waals surface area contributed by atoms with Crippen molar-refractivity contribution < 1.29 is 9.66 Å². The number of ether oxygens (including phenoxy) is 1. The minimum atomic E-state index is -0.376. The standard InChI is InChI=1S/C22H19N3O3/c1-28-18-12-10-17(11-13-18)15-24-19-8-5-9-20(25(26)27)22(19)23-21(24)14-16-6-3-2-4-7-16/h2-13H,14-15H2,1H3. The maximum Gasteiger partial charge on any atom is 0.297 e. The maximum atomic E-state index is 11.5. The van der Waals surface area contributed by atoms with Gasteiger partial charge in [0.2, 0.25) is 0 Å². The Morgan fingerprint density at radius 1 is 0.964 bits per heavy atom. The van der Waals surface area contributed by atoms with Crippen molar-refractivity contribution in [1.29, 1.82) is 0 Å². The van der Waals surface area contributed by atoms with Crippen molar-refractivity contribution in [3.63, 3.8) is 0 Å². The lowest BCUT2D eigenvalue weighted by Gasteiger charge is -2.10. The summed E-state index contributed by atoms with van der Waals surface area (Å²) in [5.41, 5.74) is 3.39. The molecule has 4 rings (SSSR count). The second-order valence-corrected chi connectivity index (χ2v) is 6.53. The Morgan fingerprint density at radius 2 is 1.71 bits per heavy atom. The van der Waals surface area contributed by atoms with Crippen molar-refractivity contribution in [3.8, 4) is 5.75 Å². The number of non-ortho nitro benzene ring substituents is 1. The van der Waals surface area contributed by atoms with Crippen molar-refractivity contribution in [2.75, 3.05) is 7.11 Å². The first-order valence-corrected chi connectivity index (χ1v) is 8.95. The highest BCUT2D eigenvalue weighted by molar-refractivity contribution is 5.85. The molecule has 28 heavy (non-hydrogen) atoms. The molecule has 0 saturated heterocycles. The Balaban J connectivity index is 1.82. The summed E-state index contributed by atoms with van der Waals surface area (Å²) in [5, 5.41) is 11.5. The predicted octanol–water partition coefficient (Wildman–Crippen LogP) is 4.59. The van der Waals surface area contributed by atoms with Gasteiger partial charge >= 0.3 is 0 Å². The molecule has 0 spiro atoms. The zero-order valence-corrected chi connectivity index (χ0v) is 15.4. The van der Waals surface area contributed by atoms with Crippen LogP contribution in [0.2, 0.25) is 0 Å². The Bertz CT molecular complexity index is 1120. The predicted molar refractivity (Wildman–Crippen MR) is 108 cm³/mol. The molecule has 0 fully saturated rings. The van der Waals surface area contributed by atoms with E-state index in [0.29, 0.717) is 18.5 Å². The molecule has 140 valence electrons. The van der Waals surface area contributed by atoms with Gasteiger partial charge in [-0.1, -0.05) is 48.5 Å². The average Bonchev–Trinajstić information content (AvgIpc) is 3.06. The van der Waals surface area contributed by atoms with Gasteiger partial charge in [0.05, 0.1) is 17.5 Å². The maximum absolute atomic E-state index is 11.5. The van der Waals surface area contributed by atoms with Gasteiger partial charge in [0.25, 0.3) is 5.69 Å². The van der Waals surface area contributed by atoms with E-state index in [2.05, 4.69) is 9.55 Å². The van der Waals surface area contributed by atoms with E-state index in [1.54, 1.807) is 13.2 Å². The molecule has 0 bridgehead atoms. The third-order valence-corrected chi connectivity index (χ3v) is 4.74. The van der Waals surface area contributed by atoms with Crippen LogP contribution in [-0.4, -0.2) is 21.6 Å². The summed E-state index contributed by atoms with van der Waals surface area (Å²) in [6.45, 7) is 0.573. The molecule has 0 aliphatic rings. The zero-order chi connectivity index (χ0) is 19.5. The molecule has 0 unspecified atom stereocenters. The van der Waals surface area contributed by atoms with Gasteiger partial charge in [-0.15, -0.1) is 0 Å². The fourth-order valence-electron chi connectivity index (χ4n) is 3.33. The van der Waals surface area contributed by atoms with E-state index >= 15 is 0 Å². The van der Waals surface area contributed by atoms with Gasteiger partial charge in [0.1, 0.15) is 11.6 Å². The van der Waals surface area contributed by atoms with Crippen LogP contribution in [0.3, 0.4) is 0 Å². The van der Waals surface area contributed by atoms with Gasteiger partial charge in [-0.05, 0) is 29.3 Å². The second-order valence-electron chi connectivity index (χ2n) is 6.53. The number of para-hydroxylation sites is 1. The number of hydrogen-bond acceptors (Lipinski definition) is 4. The fourth-order valence-corrected chi connectivity index (χ4v) is 3.33. The largest absolute Gasteiger partial charge is 0.497 e. The molecule has 4 aromatic rings. The van der Waals surface area contributed by atoms with Gasteiger partial charge in [-0.25, -0.2) is 4.98 Å². The third-order valence-electron chi connectivity index (χ3n) is 4.74. The summed E-state index contributed by atoms with van der Waals surface area (Å²) in [6.07, 6.45) is 0.600. The monoisotopic (exact) mass is 373 g/mol. The smallest absolute Gasteiger partial charge is 0.297 e. The molecule has 3 aromatic carbocycles. The van der Waals surface area contributed by atoms with Crippen molar-refractivity contribution in [1.82, 2.24) is 9.55 Å². The number of methoxy groups -OCH3 is 1. The van der Waals surface area contributed by atoms with Crippen molar-refractivity contribution in [3.05, 3.63) is 99.9 Å². The molecular weight excluding hydrogens is 354 g/mol. The van der Waals surface area contributed by atoms with Gasteiger partial charge in [0, 0.05) is 19.0 Å². The molecule has 0 aliphatic heterocycles. The SMILES string of the molecule is COc1ccc(Cn2c(Cc3ccccc3)nc3c([N+](=O)[O-])cccc32)cc1. The van der Waals surface area contributed by atoms with Crippen LogP contribution >= 0.6 is 0 Å². The minimum Gasteiger partial charge on any atom is -0.497 e. The highest BCUT2D eigenvalue weighted by atomic mass is 16.6. The lowest BCUT2D eigenvalue weighted by Crippen LogP contribution is -2.06. The van der Waals surface area contributed by atoms with Gasteiger partial charge in [0.15, 0.2) is 5.52 Å². The number of rotatable bonds is 6. The molecular formula is C22H19N3O3. The van der Waals surface area contributed by atoms with Crippen LogP contribution in [-0.2, 0) is 13.0 Å². The summed E-state index contributed by atoms with van der Waals surface area (Å²) in [5.74, 6) is 1.59. The Morgan fingerprint density at radius 3 is 2.39 bits per heavy atom. The van der Waals surface area contributed by atoms with Crippen LogP contribution in [0.25, 0.3) is 11.0 Å². The summed E-state index contributed by atoms with van der Waals surface area (Å²) >= 11 is 0. The lowest BCUT2D eigenvalue weighted by molar-refractivity contribution is -0.383. The van der Waals surface area contributed by atoms with E-state index in [1.165, 1.54) is 6.07 Å². The Hall–Kier alpha value is -3.67. The summed E-state index contributed by atoms with van der Waals surface area (Å²) < 4.78 is 7.28. The van der Waals surface area contributed by atoms with E-state index < -0.39 is 0 Å². The van der Waals surface area contributed by atoms with Crippen LogP contribution in [0.15, 0.2) is 72.8 Å². The number of imidazole rings is 1. The van der Waals surface area contributed by atoms with Crippen LogP contribution in [0.1, 0.15) is 17.0 Å². The summed E-state index contributed by atoms with van der Waals surface area (Å²) in [7, 11) is 1.63. The number of nitrogens with zero attached hydrogens (tertiary/aromatic N) is 3. The average molecular weight is 373 g/mol. The minimum absolute atomic E-state index is 0.0280. The first-order chi connectivity index (χ1) is 13.7. The summed E-state index contributed by atoms with van der Waals surface area (Å²) in [4.78, 5) is 15.7. The molecule has 1 heterocycles. The topological polar surface area (TPSA) is 70.2 Å². The van der Waals surface area contributed by atoms with Crippen LogP contribution < -0.4 is 4.74 Å². The Kier molecular flexibility index (Phi) is 4.76. The number of benzene rings is 3. The highest BCUT2D eigenvalue weighted by Gasteiger charge is 2.19. The van der Waals surface area contributed by atoms with E-state index in [1.807, 2.05) is 60.7 Å².